The minimum absolute atomic E-state index is 0.195. The molecule has 1 aliphatic rings. The second-order valence-corrected chi connectivity index (χ2v) is 7.83. The van der Waals surface area contributed by atoms with E-state index >= 15 is 0 Å². The van der Waals surface area contributed by atoms with E-state index < -0.39 is 0 Å². The molecule has 32 heavy (non-hydrogen) atoms. The van der Waals surface area contributed by atoms with Crippen LogP contribution in [-0.2, 0) is 4.74 Å². The summed E-state index contributed by atoms with van der Waals surface area (Å²) in [6, 6.07) is 9.54. The van der Waals surface area contributed by atoms with Gasteiger partial charge in [-0.25, -0.2) is 14.8 Å². The van der Waals surface area contributed by atoms with Crippen LogP contribution >= 0.6 is 0 Å². The molecular weight excluding hydrogens is 408 g/mol. The maximum atomic E-state index is 13.1. The maximum absolute atomic E-state index is 13.1. The van der Waals surface area contributed by atoms with E-state index in [1.165, 1.54) is 9.13 Å². The molecule has 0 amide bonds. The summed E-state index contributed by atoms with van der Waals surface area (Å²) in [4.78, 5) is 24.5. The van der Waals surface area contributed by atoms with Crippen molar-refractivity contribution in [2.75, 3.05) is 31.2 Å². The average molecular weight is 432 g/mol. The Bertz CT molecular complexity index is 1270. The van der Waals surface area contributed by atoms with Gasteiger partial charge < -0.3 is 14.2 Å². The molecule has 10 heteroatoms. The van der Waals surface area contributed by atoms with Crippen molar-refractivity contribution in [3.8, 4) is 23.2 Å². The van der Waals surface area contributed by atoms with Crippen LogP contribution in [0.25, 0.3) is 23.2 Å². The van der Waals surface area contributed by atoms with Gasteiger partial charge in [-0.3, -0.25) is 9.13 Å². The predicted molar refractivity (Wildman–Crippen MR) is 119 cm³/mol. The monoisotopic (exact) mass is 432 g/mol. The second kappa shape index (κ2) is 8.39. The lowest BCUT2D eigenvalue weighted by atomic mass is 10.3. The van der Waals surface area contributed by atoms with Crippen LogP contribution in [0.15, 0.2) is 60.0 Å². The number of aromatic nitrogens is 7. The highest BCUT2D eigenvalue weighted by atomic mass is 16.5. The van der Waals surface area contributed by atoms with Crippen LogP contribution < -0.4 is 10.6 Å². The number of rotatable bonds is 5. The number of nitrogens with zero attached hydrogens (tertiary/aromatic N) is 8. The van der Waals surface area contributed by atoms with Gasteiger partial charge in [0.25, 0.3) is 0 Å². The van der Waals surface area contributed by atoms with Crippen molar-refractivity contribution in [2.24, 2.45) is 0 Å². The minimum atomic E-state index is -0.244. The molecule has 1 aliphatic heterocycles. The van der Waals surface area contributed by atoms with Crippen molar-refractivity contribution in [1.82, 2.24) is 33.9 Å². The molecule has 1 saturated heterocycles. The van der Waals surface area contributed by atoms with Crippen molar-refractivity contribution in [3.63, 3.8) is 0 Å². The fourth-order valence-corrected chi connectivity index (χ4v) is 3.74. The first-order valence-electron chi connectivity index (χ1n) is 10.6. The summed E-state index contributed by atoms with van der Waals surface area (Å²) < 4.78 is 10.3. The van der Waals surface area contributed by atoms with E-state index in [0.717, 1.165) is 18.8 Å². The third-order valence-corrected chi connectivity index (χ3v) is 5.47. The lowest BCUT2D eigenvalue weighted by Gasteiger charge is -2.28. The van der Waals surface area contributed by atoms with Crippen LogP contribution in [0, 0.1) is 0 Å². The highest BCUT2D eigenvalue weighted by molar-refractivity contribution is 5.51. The van der Waals surface area contributed by atoms with Gasteiger partial charge in [0.15, 0.2) is 5.82 Å². The van der Waals surface area contributed by atoms with Crippen molar-refractivity contribution in [3.05, 3.63) is 65.7 Å². The topological polar surface area (TPSA) is 95.9 Å². The first kappa shape index (κ1) is 20.1. The molecule has 0 unspecified atom stereocenters. The molecule has 0 spiro atoms. The van der Waals surface area contributed by atoms with Gasteiger partial charge in [-0.2, -0.15) is 0 Å². The number of imidazole rings is 1. The summed E-state index contributed by atoms with van der Waals surface area (Å²) in [5, 5.41) is 8.21. The summed E-state index contributed by atoms with van der Waals surface area (Å²) in [6.07, 6.45) is 6.87. The molecule has 10 nitrogen and oxygen atoms in total. The average Bonchev–Trinajstić information content (AvgIpc) is 3.47. The van der Waals surface area contributed by atoms with Crippen molar-refractivity contribution in [2.45, 2.75) is 19.9 Å². The van der Waals surface area contributed by atoms with E-state index in [-0.39, 0.29) is 11.7 Å². The van der Waals surface area contributed by atoms with Gasteiger partial charge in [-0.05, 0) is 38.1 Å². The fraction of sp³-hybridized carbons (Fsp3) is 0.318. The zero-order valence-electron chi connectivity index (χ0n) is 18.0. The van der Waals surface area contributed by atoms with E-state index in [0.29, 0.717) is 36.4 Å². The van der Waals surface area contributed by atoms with E-state index in [4.69, 9.17) is 4.74 Å². The lowest BCUT2D eigenvalue weighted by molar-refractivity contribution is 0.122. The molecule has 164 valence electrons. The molecule has 0 saturated carbocycles. The summed E-state index contributed by atoms with van der Waals surface area (Å²) in [6.45, 7) is 7.21. The standard InChI is InChI=1S/C22H24N8O2/c1-16(2)30-15-24-26-21(30)18-4-3-5-20(25-18)29-9-8-28(22(29)31)19-7-6-17(14-23-19)27-10-12-32-13-11-27/h3-9,14-16H,10-13H2,1-2H3. The first-order valence-corrected chi connectivity index (χ1v) is 10.6. The molecule has 0 aliphatic carbocycles. The SMILES string of the molecule is CC(C)n1cnnc1-c1cccc(-n2ccn(-c3ccc(N4CCOCC4)cn3)c2=O)n1. The Morgan fingerprint density at radius 1 is 1.00 bits per heavy atom. The van der Waals surface area contributed by atoms with Gasteiger partial charge in [0, 0.05) is 31.5 Å². The summed E-state index contributed by atoms with van der Waals surface area (Å²) >= 11 is 0. The highest BCUT2D eigenvalue weighted by Gasteiger charge is 2.15. The highest BCUT2D eigenvalue weighted by Crippen LogP contribution is 2.20. The molecule has 0 N–H and O–H groups in total. The Hall–Kier alpha value is -3.79. The van der Waals surface area contributed by atoms with Crippen molar-refractivity contribution in [1.29, 1.82) is 0 Å². The van der Waals surface area contributed by atoms with Gasteiger partial charge in [0.05, 0.1) is 25.1 Å². The Labute approximate surface area is 184 Å². The zero-order valence-corrected chi connectivity index (χ0v) is 18.0. The third kappa shape index (κ3) is 3.69. The quantitative estimate of drug-likeness (QED) is 0.476. The van der Waals surface area contributed by atoms with Crippen LogP contribution in [0.5, 0.6) is 0 Å². The number of pyridine rings is 2. The summed E-state index contributed by atoms with van der Waals surface area (Å²) in [5.74, 6) is 1.73. The van der Waals surface area contributed by atoms with E-state index in [2.05, 4.69) is 38.9 Å². The molecule has 0 aromatic carbocycles. The summed E-state index contributed by atoms with van der Waals surface area (Å²) in [7, 11) is 0. The molecule has 0 radical (unpaired) electrons. The van der Waals surface area contributed by atoms with Crippen LogP contribution in [0.2, 0.25) is 0 Å². The number of ether oxygens (including phenoxy) is 1. The van der Waals surface area contributed by atoms with Gasteiger partial charge in [-0.1, -0.05) is 6.07 Å². The number of hydrogen-bond donors (Lipinski definition) is 0. The molecule has 4 aromatic heterocycles. The Morgan fingerprint density at radius 2 is 1.78 bits per heavy atom. The van der Waals surface area contributed by atoms with Gasteiger partial charge in [0.2, 0.25) is 0 Å². The lowest BCUT2D eigenvalue weighted by Crippen LogP contribution is -2.36. The molecule has 0 bridgehead atoms. The predicted octanol–water partition coefficient (Wildman–Crippen LogP) is 2.09. The van der Waals surface area contributed by atoms with Crippen LogP contribution in [0.4, 0.5) is 5.69 Å². The van der Waals surface area contributed by atoms with E-state index in [9.17, 15) is 4.79 Å². The molecule has 5 rings (SSSR count). The van der Waals surface area contributed by atoms with E-state index in [1.807, 2.05) is 28.8 Å². The third-order valence-electron chi connectivity index (χ3n) is 5.47. The van der Waals surface area contributed by atoms with Crippen LogP contribution in [-0.4, -0.2) is 60.2 Å². The number of hydrogen-bond acceptors (Lipinski definition) is 7. The van der Waals surface area contributed by atoms with Gasteiger partial charge in [0.1, 0.15) is 23.7 Å². The minimum Gasteiger partial charge on any atom is -0.378 e. The fourth-order valence-electron chi connectivity index (χ4n) is 3.74. The normalized spacial score (nSPS) is 14.3. The largest absolute Gasteiger partial charge is 0.378 e. The van der Waals surface area contributed by atoms with E-state index in [1.54, 1.807) is 31.0 Å². The Morgan fingerprint density at radius 3 is 2.50 bits per heavy atom. The van der Waals surface area contributed by atoms with Gasteiger partial charge in [-0.15, -0.1) is 10.2 Å². The molecular formula is C22H24N8O2. The van der Waals surface area contributed by atoms with Gasteiger partial charge >= 0.3 is 5.69 Å². The first-order chi connectivity index (χ1) is 15.6. The zero-order chi connectivity index (χ0) is 22.1. The Balaban J connectivity index is 1.44. The number of anilines is 1. The molecule has 4 aromatic rings. The smallest absolute Gasteiger partial charge is 0.339 e. The summed E-state index contributed by atoms with van der Waals surface area (Å²) in [5.41, 5.74) is 1.43. The molecule has 5 heterocycles. The number of morpholine rings is 1. The molecule has 0 atom stereocenters. The van der Waals surface area contributed by atoms with Crippen molar-refractivity contribution < 1.29 is 4.74 Å². The second-order valence-electron chi connectivity index (χ2n) is 7.83. The maximum Gasteiger partial charge on any atom is 0.339 e. The van der Waals surface area contributed by atoms with Crippen LogP contribution in [0.3, 0.4) is 0 Å². The van der Waals surface area contributed by atoms with Crippen molar-refractivity contribution >= 4 is 5.69 Å². The van der Waals surface area contributed by atoms with Crippen LogP contribution in [0.1, 0.15) is 19.9 Å². The Kier molecular flexibility index (Phi) is 5.28. The molecule has 1 fully saturated rings.